The number of rotatable bonds is 14. The quantitative estimate of drug-likeness (QED) is 0.215. The Morgan fingerprint density at radius 1 is 0.857 bits per heavy atom. The number of aliphatic hydroxyl groups is 1. The van der Waals surface area contributed by atoms with Crippen molar-refractivity contribution in [1.29, 1.82) is 0 Å². The zero-order valence-corrected chi connectivity index (χ0v) is 20.1. The molecule has 0 saturated carbocycles. The van der Waals surface area contributed by atoms with Gasteiger partial charge in [0.1, 0.15) is 6.10 Å². The van der Waals surface area contributed by atoms with Crippen LogP contribution in [0.4, 0.5) is 0 Å². The molecule has 0 saturated heterocycles. The summed E-state index contributed by atoms with van der Waals surface area (Å²) in [6.45, 7) is 0. The van der Waals surface area contributed by atoms with E-state index >= 15 is 0 Å². The van der Waals surface area contributed by atoms with Crippen LogP contribution in [0.5, 0.6) is 0 Å². The first-order chi connectivity index (χ1) is 13.0. The van der Waals surface area contributed by atoms with Crippen LogP contribution in [0.2, 0.25) is 0 Å². The molecule has 1 aromatic rings. The maximum Gasteiger partial charge on any atom is 1.00 e. The van der Waals surface area contributed by atoms with Crippen molar-refractivity contribution in [3.05, 3.63) is 35.9 Å². The minimum absolute atomic E-state index is 0. The zero-order chi connectivity index (χ0) is 19.8. The Kier molecular flexibility index (Phi) is 17.3. The molecule has 0 aliphatic carbocycles. The van der Waals surface area contributed by atoms with Gasteiger partial charge < -0.3 is 9.66 Å². The molecule has 1 atom stereocenters. The van der Waals surface area contributed by atoms with Crippen molar-refractivity contribution in [1.82, 2.24) is 0 Å². The SMILES string of the molecule is O=S(=O)([O-])CCCCCCCCCCCCC#C[C@@H](O)Cc1ccccc1.[Na+]. The Morgan fingerprint density at radius 3 is 1.89 bits per heavy atom. The van der Waals surface area contributed by atoms with E-state index in [1.165, 1.54) is 32.1 Å². The summed E-state index contributed by atoms with van der Waals surface area (Å²) in [5.41, 5.74) is 1.11. The van der Waals surface area contributed by atoms with Crippen molar-refractivity contribution in [2.24, 2.45) is 0 Å². The molecule has 152 valence electrons. The van der Waals surface area contributed by atoms with E-state index in [2.05, 4.69) is 11.8 Å². The van der Waals surface area contributed by atoms with Crippen LogP contribution in [0, 0.1) is 11.8 Å². The van der Waals surface area contributed by atoms with Crippen LogP contribution >= 0.6 is 0 Å². The molecule has 4 nitrogen and oxygen atoms in total. The average molecular weight is 417 g/mol. The number of hydrogen-bond acceptors (Lipinski definition) is 4. The van der Waals surface area contributed by atoms with Gasteiger partial charge in [0.05, 0.1) is 10.1 Å². The fraction of sp³-hybridized carbons (Fsp3) is 0.636. The predicted molar refractivity (Wildman–Crippen MR) is 109 cm³/mol. The molecule has 0 aliphatic heterocycles. The maximum atomic E-state index is 10.5. The molecular weight excluding hydrogens is 383 g/mol. The third-order valence-electron chi connectivity index (χ3n) is 4.49. The van der Waals surface area contributed by atoms with Crippen LogP contribution < -0.4 is 29.6 Å². The molecule has 6 heteroatoms. The largest absolute Gasteiger partial charge is 1.00 e. The summed E-state index contributed by atoms with van der Waals surface area (Å²) in [6, 6.07) is 9.91. The normalized spacial score (nSPS) is 11.9. The molecule has 28 heavy (non-hydrogen) atoms. The Balaban J connectivity index is 0.00000729. The minimum atomic E-state index is -4.03. The van der Waals surface area contributed by atoms with E-state index in [-0.39, 0.29) is 35.3 Å². The first-order valence-electron chi connectivity index (χ1n) is 10.1. The van der Waals surface area contributed by atoms with Crippen molar-refractivity contribution in [3.63, 3.8) is 0 Å². The van der Waals surface area contributed by atoms with E-state index in [0.29, 0.717) is 12.8 Å². The Morgan fingerprint density at radius 2 is 1.36 bits per heavy atom. The molecule has 0 radical (unpaired) electrons. The summed E-state index contributed by atoms with van der Waals surface area (Å²) in [6.07, 6.45) is 11.4. The van der Waals surface area contributed by atoms with E-state index in [1.54, 1.807) is 0 Å². The van der Waals surface area contributed by atoms with Crippen molar-refractivity contribution in [3.8, 4) is 11.8 Å². The standard InChI is InChI=1S/C22H34O4S.Na/c23-22(20-21-16-12-11-13-17-21)18-14-9-7-5-3-1-2-4-6-8-10-15-19-27(24,25)26;/h11-13,16-17,22-23H,1-10,15,19-20H2,(H,24,25,26);/q;+1/p-1/t22-;/m1./s1. The van der Waals surface area contributed by atoms with Gasteiger partial charge >= 0.3 is 29.6 Å². The molecule has 1 aromatic carbocycles. The first kappa shape index (κ1) is 27.6. The molecule has 0 bridgehead atoms. The molecule has 1 N–H and O–H groups in total. The van der Waals surface area contributed by atoms with E-state index in [4.69, 9.17) is 0 Å². The summed E-state index contributed by atoms with van der Waals surface area (Å²) in [5, 5.41) is 9.90. The van der Waals surface area contributed by atoms with Crippen molar-refractivity contribution < 1.29 is 47.6 Å². The van der Waals surface area contributed by atoms with Crippen LogP contribution in [0.15, 0.2) is 30.3 Å². The second kappa shape index (κ2) is 17.5. The number of aliphatic hydroxyl groups excluding tert-OH is 1. The van der Waals surface area contributed by atoms with E-state index in [1.807, 2.05) is 30.3 Å². The van der Waals surface area contributed by atoms with E-state index in [9.17, 15) is 18.1 Å². The summed E-state index contributed by atoms with van der Waals surface area (Å²) in [5.74, 6) is 5.78. The molecular formula is C22H33NaO4S. The predicted octanol–water partition coefficient (Wildman–Crippen LogP) is 1.43. The fourth-order valence-electron chi connectivity index (χ4n) is 2.98. The van der Waals surface area contributed by atoms with Gasteiger partial charge in [0.2, 0.25) is 0 Å². The molecule has 0 amide bonds. The second-order valence-corrected chi connectivity index (χ2v) is 8.60. The van der Waals surface area contributed by atoms with Crippen molar-refractivity contribution in [2.45, 2.75) is 83.2 Å². The van der Waals surface area contributed by atoms with E-state index < -0.39 is 16.2 Å². The second-order valence-electron chi connectivity index (χ2n) is 7.07. The van der Waals surface area contributed by atoms with E-state index in [0.717, 1.165) is 37.7 Å². The van der Waals surface area contributed by atoms with Crippen LogP contribution in [0.3, 0.4) is 0 Å². The monoisotopic (exact) mass is 416 g/mol. The van der Waals surface area contributed by atoms with Crippen LogP contribution in [0.25, 0.3) is 0 Å². The van der Waals surface area contributed by atoms with Gasteiger partial charge in [-0.1, -0.05) is 87.6 Å². The van der Waals surface area contributed by atoms with Crippen molar-refractivity contribution in [2.75, 3.05) is 5.75 Å². The summed E-state index contributed by atoms with van der Waals surface area (Å²) >= 11 is 0. The topological polar surface area (TPSA) is 77.4 Å². The molecule has 0 unspecified atom stereocenters. The van der Waals surface area contributed by atoms with Gasteiger partial charge in [-0.2, -0.15) is 0 Å². The van der Waals surface area contributed by atoms with Crippen molar-refractivity contribution >= 4 is 10.1 Å². The van der Waals surface area contributed by atoms with Crippen LogP contribution in [-0.4, -0.2) is 29.9 Å². The maximum absolute atomic E-state index is 10.5. The van der Waals surface area contributed by atoms with Crippen LogP contribution in [0.1, 0.15) is 76.2 Å². The van der Waals surface area contributed by atoms with Gasteiger partial charge in [-0.3, -0.25) is 0 Å². The van der Waals surface area contributed by atoms with Gasteiger partial charge in [-0.25, -0.2) is 8.42 Å². The van der Waals surface area contributed by atoms with Gasteiger partial charge in [-0.05, 0) is 18.4 Å². The van der Waals surface area contributed by atoms with Gasteiger partial charge in [0, 0.05) is 18.6 Å². The average Bonchev–Trinajstić information content (AvgIpc) is 2.62. The number of benzene rings is 1. The fourth-order valence-corrected chi connectivity index (χ4v) is 3.54. The molecule has 0 aliphatic rings. The third-order valence-corrected chi connectivity index (χ3v) is 5.28. The summed E-state index contributed by atoms with van der Waals surface area (Å²) < 4.78 is 31.4. The number of hydrogen-bond donors (Lipinski definition) is 1. The third kappa shape index (κ3) is 17.7. The minimum Gasteiger partial charge on any atom is -0.748 e. The van der Waals surface area contributed by atoms with Gasteiger partial charge in [-0.15, -0.1) is 5.92 Å². The Labute approximate surface area is 193 Å². The first-order valence-corrected chi connectivity index (χ1v) is 11.7. The molecule has 1 rings (SSSR count). The summed E-state index contributed by atoms with van der Waals surface area (Å²) in [7, 11) is -4.03. The van der Waals surface area contributed by atoms with Crippen LogP contribution in [-0.2, 0) is 16.5 Å². The Bertz CT molecular complexity index is 650. The molecule has 0 fully saturated rings. The molecule has 0 heterocycles. The Hall–Kier alpha value is -0.350. The molecule has 0 aromatic heterocycles. The zero-order valence-electron chi connectivity index (χ0n) is 17.2. The van der Waals surface area contributed by atoms with Gasteiger partial charge in [0.15, 0.2) is 0 Å². The van der Waals surface area contributed by atoms with Gasteiger partial charge in [0.25, 0.3) is 0 Å². The smallest absolute Gasteiger partial charge is 0.748 e. The summed E-state index contributed by atoms with van der Waals surface area (Å²) in [4.78, 5) is 0. The molecule has 0 spiro atoms. The number of unbranched alkanes of at least 4 members (excludes halogenated alkanes) is 10.